The van der Waals surface area contributed by atoms with Crippen LogP contribution in [0.25, 0.3) is 11.3 Å². The predicted molar refractivity (Wildman–Crippen MR) is 127 cm³/mol. The minimum absolute atomic E-state index is 0.0790. The molecule has 168 valence electrons. The Kier molecular flexibility index (Phi) is 7.39. The number of nitrogens with one attached hydrogen (secondary N) is 2. The van der Waals surface area contributed by atoms with Crippen LogP contribution in [0.4, 0.5) is 10.2 Å². The zero-order chi connectivity index (χ0) is 23.0. The summed E-state index contributed by atoms with van der Waals surface area (Å²) in [6.45, 7) is 0.736. The van der Waals surface area contributed by atoms with Gasteiger partial charge in [0.05, 0.1) is 17.9 Å². The molecule has 4 aromatic rings. The van der Waals surface area contributed by atoms with E-state index in [2.05, 4.69) is 20.6 Å². The lowest BCUT2D eigenvalue weighted by atomic mass is 10.1. The van der Waals surface area contributed by atoms with Crippen molar-refractivity contribution in [2.75, 3.05) is 11.9 Å². The molecular formula is C25H23FN4O2S. The molecule has 8 heteroatoms. The van der Waals surface area contributed by atoms with Gasteiger partial charge in [0, 0.05) is 35.9 Å². The fraction of sp³-hybridized carbons (Fsp3) is 0.160. The molecule has 1 amide bonds. The lowest BCUT2D eigenvalue weighted by Gasteiger charge is -2.14. The molecule has 0 aliphatic heterocycles. The van der Waals surface area contributed by atoms with Gasteiger partial charge < -0.3 is 15.7 Å². The van der Waals surface area contributed by atoms with E-state index < -0.39 is 0 Å². The van der Waals surface area contributed by atoms with Crippen LogP contribution in [0.1, 0.15) is 26.4 Å². The number of rotatable bonds is 9. The molecule has 6 nitrogen and oxygen atoms in total. The Morgan fingerprint density at radius 2 is 1.97 bits per heavy atom. The zero-order valence-corrected chi connectivity index (χ0v) is 18.6. The monoisotopic (exact) mass is 462 g/mol. The topological polar surface area (TPSA) is 87.1 Å². The molecule has 0 bridgehead atoms. The summed E-state index contributed by atoms with van der Waals surface area (Å²) in [5, 5.41) is 17.6. The van der Waals surface area contributed by atoms with Gasteiger partial charge in [-0.3, -0.25) is 9.78 Å². The van der Waals surface area contributed by atoms with Gasteiger partial charge in [0.25, 0.3) is 5.91 Å². The van der Waals surface area contributed by atoms with Crippen LogP contribution in [0.3, 0.4) is 0 Å². The molecule has 0 saturated carbocycles. The van der Waals surface area contributed by atoms with Crippen molar-refractivity contribution in [2.45, 2.75) is 19.6 Å². The average Bonchev–Trinajstić information content (AvgIpc) is 3.32. The van der Waals surface area contributed by atoms with Gasteiger partial charge in [0.15, 0.2) is 0 Å². The van der Waals surface area contributed by atoms with Crippen molar-refractivity contribution in [1.82, 2.24) is 15.3 Å². The van der Waals surface area contributed by atoms with Crippen molar-refractivity contribution >= 4 is 23.1 Å². The van der Waals surface area contributed by atoms with E-state index in [0.717, 1.165) is 21.6 Å². The number of hydrogen-bond donors (Lipinski definition) is 3. The number of amides is 1. The van der Waals surface area contributed by atoms with Crippen LogP contribution in [0.2, 0.25) is 0 Å². The smallest absolute Gasteiger partial charge is 0.255 e. The normalized spacial score (nSPS) is 10.7. The Morgan fingerprint density at radius 3 is 2.76 bits per heavy atom. The molecule has 4 rings (SSSR count). The molecule has 0 fully saturated rings. The fourth-order valence-electron chi connectivity index (χ4n) is 3.42. The highest BCUT2D eigenvalue weighted by Gasteiger charge is 2.16. The SMILES string of the molecule is O=C(NCc1cccnc1)c1ccc(-c2ccsc2CO)nc1NCCc1cccc(F)c1. The van der Waals surface area contributed by atoms with Crippen LogP contribution in [0, 0.1) is 5.82 Å². The van der Waals surface area contributed by atoms with E-state index in [1.165, 1.54) is 23.5 Å². The van der Waals surface area contributed by atoms with Gasteiger partial charge in [0.2, 0.25) is 0 Å². The van der Waals surface area contributed by atoms with E-state index in [1.807, 2.05) is 29.6 Å². The maximum atomic E-state index is 13.5. The molecule has 0 saturated heterocycles. The van der Waals surface area contributed by atoms with E-state index in [9.17, 15) is 14.3 Å². The minimum atomic E-state index is -0.280. The molecule has 0 aliphatic rings. The highest BCUT2D eigenvalue weighted by atomic mass is 32.1. The number of aromatic nitrogens is 2. The second-order valence-corrected chi connectivity index (χ2v) is 8.36. The van der Waals surface area contributed by atoms with Crippen molar-refractivity contribution in [2.24, 2.45) is 0 Å². The van der Waals surface area contributed by atoms with Crippen molar-refractivity contribution < 1.29 is 14.3 Å². The first-order chi connectivity index (χ1) is 16.1. The van der Waals surface area contributed by atoms with E-state index in [0.29, 0.717) is 36.6 Å². The van der Waals surface area contributed by atoms with Crippen LogP contribution < -0.4 is 10.6 Å². The first kappa shape index (κ1) is 22.6. The highest BCUT2D eigenvalue weighted by molar-refractivity contribution is 7.10. The number of aliphatic hydroxyl groups is 1. The Labute approximate surface area is 195 Å². The third kappa shape index (κ3) is 5.79. The molecule has 0 atom stereocenters. The van der Waals surface area contributed by atoms with Crippen molar-refractivity contribution in [3.63, 3.8) is 0 Å². The van der Waals surface area contributed by atoms with E-state index in [1.54, 1.807) is 30.6 Å². The Bertz CT molecular complexity index is 1230. The number of nitrogens with zero attached hydrogens (tertiary/aromatic N) is 2. The summed E-state index contributed by atoms with van der Waals surface area (Å²) in [6.07, 6.45) is 3.95. The minimum Gasteiger partial charge on any atom is -0.391 e. The van der Waals surface area contributed by atoms with Crippen molar-refractivity contribution in [3.8, 4) is 11.3 Å². The first-order valence-corrected chi connectivity index (χ1v) is 11.4. The molecular weight excluding hydrogens is 439 g/mol. The zero-order valence-electron chi connectivity index (χ0n) is 17.8. The Morgan fingerprint density at radius 1 is 1.09 bits per heavy atom. The summed E-state index contributed by atoms with van der Waals surface area (Å²) < 4.78 is 13.5. The number of thiophene rings is 1. The largest absolute Gasteiger partial charge is 0.391 e. The number of hydrogen-bond acceptors (Lipinski definition) is 6. The summed E-state index contributed by atoms with van der Waals surface area (Å²) in [6, 6.07) is 15.5. The second-order valence-electron chi connectivity index (χ2n) is 7.36. The van der Waals surface area contributed by atoms with Crippen LogP contribution in [-0.2, 0) is 19.6 Å². The average molecular weight is 463 g/mol. The number of carbonyl (C=O) groups is 1. The van der Waals surface area contributed by atoms with Crippen LogP contribution in [-0.4, -0.2) is 27.5 Å². The number of aliphatic hydroxyl groups excluding tert-OH is 1. The number of carbonyl (C=O) groups excluding carboxylic acids is 1. The van der Waals surface area contributed by atoms with E-state index >= 15 is 0 Å². The number of benzene rings is 1. The molecule has 3 aromatic heterocycles. The quantitative estimate of drug-likeness (QED) is 0.343. The summed E-state index contributed by atoms with van der Waals surface area (Å²) in [4.78, 5) is 22.5. The van der Waals surface area contributed by atoms with Crippen molar-refractivity contribution in [1.29, 1.82) is 0 Å². The van der Waals surface area contributed by atoms with Gasteiger partial charge in [-0.1, -0.05) is 18.2 Å². The Hall–Kier alpha value is -3.62. The third-order valence-electron chi connectivity index (χ3n) is 5.08. The maximum absolute atomic E-state index is 13.5. The summed E-state index contributed by atoms with van der Waals surface area (Å²) >= 11 is 1.45. The lowest BCUT2D eigenvalue weighted by molar-refractivity contribution is 0.0951. The van der Waals surface area contributed by atoms with Gasteiger partial charge in [-0.15, -0.1) is 11.3 Å². The number of pyridine rings is 2. The standard InChI is InChI=1S/C25H23FN4O2S/c26-19-5-1-3-17(13-19)8-11-28-24-21(25(32)29-15-18-4-2-10-27-14-18)6-7-22(30-24)20-9-12-33-23(20)16-31/h1-7,9-10,12-14,31H,8,11,15-16H2,(H,28,30)(H,29,32). The third-order valence-corrected chi connectivity index (χ3v) is 5.98. The second kappa shape index (κ2) is 10.8. The fourth-order valence-corrected chi connectivity index (χ4v) is 4.16. The van der Waals surface area contributed by atoms with Crippen LogP contribution in [0.15, 0.2) is 72.4 Å². The van der Waals surface area contributed by atoms with Gasteiger partial charge in [0.1, 0.15) is 11.6 Å². The van der Waals surface area contributed by atoms with E-state index in [-0.39, 0.29) is 18.3 Å². The molecule has 0 spiro atoms. The molecule has 1 aromatic carbocycles. The van der Waals surface area contributed by atoms with Gasteiger partial charge >= 0.3 is 0 Å². The van der Waals surface area contributed by atoms with Crippen LogP contribution in [0.5, 0.6) is 0 Å². The van der Waals surface area contributed by atoms with Gasteiger partial charge in [-0.05, 0) is 59.3 Å². The van der Waals surface area contributed by atoms with Gasteiger partial charge in [-0.25, -0.2) is 9.37 Å². The molecule has 0 radical (unpaired) electrons. The number of anilines is 1. The summed E-state index contributed by atoms with van der Waals surface area (Å²) in [5.41, 5.74) is 3.64. The molecule has 3 heterocycles. The number of halogens is 1. The van der Waals surface area contributed by atoms with Gasteiger partial charge in [-0.2, -0.15) is 0 Å². The maximum Gasteiger partial charge on any atom is 0.255 e. The Balaban J connectivity index is 1.55. The molecule has 33 heavy (non-hydrogen) atoms. The summed E-state index contributed by atoms with van der Waals surface area (Å²) in [7, 11) is 0. The molecule has 0 unspecified atom stereocenters. The molecule has 3 N–H and O–H groups in total. The highest BCUT2D eigenvalue weighted by Crippen LogP contribution is 2.29. The summed E-state index contributed by atoms with van der Waals surface area (Å²) in [5.74, 6) is -0.112. The van der Waals surface area contributed by atoms with Crippen molar-refractivity contribution in [3.05, 3.63) is 99.8 Å². The molecule has 0 aliphatic carbocycles. The van der Waals surface area contributed by atoms with Crippen LogP contribution >= 0.6 is 11.3 Å². The van der Waals surface area contributed by atoms with E-state index in [4.69, 9.17) is 0 Å². The lowest BCUT2D eigenvalue weighted by Crippen LogP contribution is -2.25. The predicted octanol–water partition coefficient (Wildman–Crippen LogP) is 4.42. The first-order valence-electron chi connectivity index (χ1n) is 10.5.